The summed E-state index contributed by atoms with van der Waals surface area (Å²) in [6.07, 6.45) is 7.51. The molecule has 1 unspecified atom stereocenters. The quantitative estimate of drug-likeness (QED) is 0.308. The van der Waals surface area contributed by atoms with E-state index < -0.39 is 0 Å². The molecular formula is C29H29N7O. The lowest BCUT2D eigenvalue weighted by molar-refractivity contribution is 0.0949. The highest BCUT2D eigenvalue weighted by Crippen LogP contribution is 2.33. The van der Waals surface area contributed by atoms with Gasteiger partial charge in [0.1, 0.15) is 5.82 Å². The second-order valence-corrected chi connectivity index (χ2v) is 9.51. The monoisotopic (exact) mass is 491 g/mol. The first-order valence-corrected chi connectivity index (χ1v) is 12.9. The van der Waals surface area contributed by atoms with E-state index in [1.54, 1.807) is 0 Å². The van der Waals surface area contributed by atoms with Crippen LogP contribution in [-0.2, 0) is 13.0 Å². The van der Waals surface area contributed by atoms with Crippen LogP contribution in [0.4, 0.5) is 0 Å². The van der Waals surface area contributed by atoms with Crippen molar-refractivity contribution >= 4 is 27.8 Å². The van der Waals surface area contributed by atoms with Crippen molar-refractivity contribution in [2.75, 3.05) is 13.1 Å². The Bertz CT molecular complexity index is 1510. The first kappa shape index (κ1) is 23.2. The van der Waals surface area contributed by atoms with Gasteiger partial charge in [-0.3, -0.25) is 14.7 Å². The van der Waals surface area contributed by atoms with Crippen molar-refractivity contribution in [3.8, 4) is 0 Å². The summed E-state index contributed by atoms with van der Waals surface area (Å²) in [5.74, 6) is 0.822. The van der Waals surface area contributed by atoms with Crippen LogP contribution in [0.2, 0.25) is 0 Å². The van der Waals surface area contributed by atoms with E-state index in [1.165, 1.54) is 17.5 Å². The summed E-state index contributed by atoms with van der Waals surface area (Å²) in [5.41, 5.74) is 5.79. The summed E-state index contributed by atoms with van der Waals surface area (Å²) in [6.45, 7) is 2.07. The molecule has 3 heterocycles. The van der Waals surface area contributed by atoms with Crippen molar-refractivity contribution in [1.29, 1.82) is 0 Å². The Balaban J connectivity index is 1.17. The van der Waals surface area contributed by atoms with Crippen LogP contribution in [-0.4, -0.2) is 49.0 Å². The van der Waals surface area contributed by atoms with Crippen LogP contribution in [0.3, 0.4) is 0 Å². The number of aromatic amines is 1. The number of imidazole rings is 1. The van der Waals surface area contributed by atoms with Crippen molar-refractivity contribution in [3.63, 3.8) is 0 Å². The summed E-state index contributed by atoms with van der Waals surface area (Å²) in [7, 11) is 0. The molecule has 8 nitrogen and oxygen atoms in total. The van der Waals surface area contributed by atoms with Crippen molar-refractivity contribution in [3.05, 3.63) is 95.7 Å². The molecule has 0 saturated heterocycles. The number of nitrogens with zero attached hydrogens (tertiary/aromatic N) is 5. The Morgan fingerprint density at radius 2 is 1.92 bits per heavy atom. The van der Waals surface area contributed by atoms with E-state index in [0.29, 0.717) is 18.7 Å². The number of hydrogen-bond acceptors (Lipinski definition) is 6. The van der Waals surface area contributed by atoms with E-state index >= 15 is 0 Å². The number of H-pyrrole nitrogens is 1. The summed E-state index contributed by atoms with van der Waals surface area (Å²) >= 11 is 0. The standard InChI is InChI=1S/C29H29N7O/c37-29(22-18-32-35-23-11-2-1-10-21(22)23)31-16-7-17-36(19-27-33-24-12-3-4-13-25(24)34-27)26-14-5-8-20-9-6-15-30-28(20)26/h1-4,6,9-13,15,18,26H,5,7-8,14,16-17,19H2,(H,31,37)(H,33,34). The van der Waals surface area contributed by atoms with Gasteiger partial charge in [-0.2, -0.15) is 10.2 Å². The zero-order chi connectivity index (χ0) is 25.0. The Morgan fingerprint density at radius 3 is 2.84 bits per heavy atom. The molecule has 2 aromatic carbocycles. The predicted molar refractivity (Wildman–Crippen MR) is 143 cm³/mol. The molecule has 186 valence electrons. The SMILES string of the molecule is O=C(NCCCN(Cc1nc2ccccc2[nH]1)C1CCCc2cccnc21)c1cnnc2ccccc12. The van der Waals surface area contributed by atoms with E-state index in [0.717, 1.165) is 60.0 Å². The molecule has 0 bridgehead atoms. The van der Waals surface area contributed by atoms with Gasteiger partial charge in [0.2, 0.25) is 0 Å². The molecule has 0 saturated carbocycles. The average Bonchev–Trinajstić information content (AvgIpc) is 3.36. The van der Waals surface area contributed by atoms with Gasteiger partial charge in [-0.05, 0) is 55.5 Å². The number of carbonyl (C=O) groups is 1. The fourth-order valence-electron chi connectivity index (χ4n) is 5.33. The number of pyridine rings is 1. The second kappa shape index (κ2) is 10.4. The van der Waals surface area contributed by atoms with Crippen LogP contribution in [0.25, 0.3) is 21.9 Å². The fourth-order valence-corrected chi connectivity index (χ4v) is 5.33. The number of fused-ring (bicyclic) bond motifs is 3. The zero-order valence-electron chi connectivity index (χ0n) is 20.6. The lowest BCUT2D eigenvalue weighted by Gasteiger charge is -2.34. The van der Waals surface area contributed by atoms with Crippen LogP contribution in [0.15, 0.2) is 73.1 Å². The largest absolute Gasteiger partial charge is 0.352 e. The average molecular weight is 492 g/mol. The molecule has 37 heavy (non-hydrogen) atoms. The van der Waals surface area contributed by atoms with Crippen LogP contribution < -0.4 is 5.32 Å². The van der Waals surface area contributed by atoms with Gasteiger partial charge >= 0.3 is 0 Å². The number of nitrogens with one attached hydrogen (secondary N) is 2. The molecule has 0 spiro atoms. The molecule has 0 radical (unpaired) electrons. The zero-order valence-corrected chi connectivity index (χ0v) is 20.6. The van der Waals surface area contributed by atoms with Crippen molar-refractivity contribution in [2.24, 2.45) is 0 Å². The summed E-state index contributed by atoms with van der Waals surface area (Å²) in [5, 5.41) is 12.0. The molecular weight excluding hydrogens is 462 g/mol. The van der Waals surface area contributed by atoms with Crippen LogP contribution in [0.1, 0.15) is 52.7 Å². The van der Waals surface area contributed by atoms with E-state index in [4.69, 9.17) is 9.97 Å². The van der Waals surface area contributed by atoms with Crippen LogP contribution >= 0.6 is 0 Å². The van der Waals surface area contributed by atoms with Crippen molar-refractivity contribution in [2.45, 2.75) is 38.3 Å². The Hall–Kier alpha value is -4.17. The first-order chi connectivity index (χ1) is 18.3. The molecule has 2 N–H and O–H groups in total. The topological polar surface area (TPSA) is 99.7 Å². The predicted octanol–water partition coefficient (Wildman–Crippen LogP) is 4.60. The molecule has 1 aliphatic carbocycles. The van der Waals surface area contributed by atoms with Gasteiger partial charge in [-0.1, -0.05) is 36.4 Å². The number of hydrogen-bond donors (Lipinski definition) is 2. The first-order valence-electron chi connectivity index (χ1n) is 12.9. The Labute approximate surface area is 215 Å². The number of amides is 1. The summed E-state index contributed by atoms with van der Waals surface area (Å²) in [4.78, 5) is 28.5. The van der Waals surface area contributed by atoms with Gasteiger partial charge in [0, 0.05) is 24.7 Å². The number of para-hydroxylation sites is 2. The van der Waals surface area contributed by atoms with Crippen molar-refractivity contribution < 1.29 is 4.79 Å². The minimum Gasteiger partial charge on any atom is -0.352 e. The van der Waals surface area contributed by atoms with Gasteiger partial charge in [-0.15, -0.1) is 0 Å². The Kier molecular flexibility index (Phi) is 6.56. The van der Waals surface area contributed by atoms with Gasteiger partial charge in [-0.25, -0.2) is 4.98 Å². The minimum atomic E-state index is -0.125. The van der Waals surface area contributed by atoms with Crippen LogP contribution in [0, 0.1) is 0 Å². The number of aryl methyl sites for hydroxylation is 1. The summed E-state index contributed by atoms with van der Waals surface area (Å²) < 4.78 is 0. The third-order valence-corrected chi connectivity index (χ3v) is 7.10. The number of aromatic nitrogens is 5. The van der Waals surface area contributed by atoms with E-state index in [1.807, 2.05) is 54.7 Å². The highest BCUT2D eigenvalue weighted by atomic mass is 16.1. The third-order valence-electron chi connectivity index (χ3n) is 7.10. The molecule has 0 fully saturated rings. The third kappa shape index (κ3) is 4.93. The number of carbonyl (C=O) groups excluding carboxylic acids is 1. The van der Waals surface area contributed by atoms with Crippen LogP contribution in [0.5, 0.6) is 0 Å². The van der Waals surface area contributed by atoms with E-state index in [-0.39, 0.29) is 11.9 Å². The van der Waals surface area contributed by atoms with E-state index in [9.17, 15) is 4.79 Å². The van der Waals surface area contributed by atoms with E-state index in [2.05, 4.69) is 37.5 Å². The maximum absolute atomic E-state index is 12.9. The fraction of sp³-hybridized carbons (Fsp3) is 0.276. The molecule has 1 amide bonds. The van der Waals surface area contributed by atoms with Gasteiger partial charge < -0.3 is 10.3 Å². The molecule has 1 atom stereocenters. The molecule has 0 aliphatic heterocycles. The molecule has 5 aromatic rings. The van der Waals surface area contributed by atoms with Gasteiger partial charge in [0.05, 0.1) is 46.6 Å². The molecule has 8 heteroatoms. The maximum Gasteiger partial charge on any atom is 0.253 e. The smallest absolute Gasteiger partial charge is 0.253 e. The van der Waals surface area contributed by atoms with Gasteiger partial charge in [0.15, 0.2) is 0 Å². The number of rotatable bonds is 8. The lowest BCUT2D eigenvalue weighted by Crippen LogP contribution is -2.35. The molecule has 3 aromatic heterocycles. The minimum absolute atomic E-state index is 0.125. The number of benzene rings is 2. The normalized spacial score (nSPS) is 15.2. The highest BCUT2D eigenvalue weighted by Gasteiger charge is 2.27. The Morgan fingerprint density at radius 1 is 1.05 bits per heavy atom. The molecule has 1 aliphatic rings. The highest BCUT2D eigenvalue weighted by molar-refractivity contribution is 6.05. The second-order valence-electron chi connectivity index (χ2n) is 9.51. The van der Waals surface area contributed by atoms with Gasteiger partial charge in [0.25, 0.3) is 5.91 Å². The maximum atomic E-state index is 12.9. The molecule has 6 rings (SSSR count). The summed E-state index contributed by atoms with van der Waals surface area (Å²) in [6, 6.07) is 20.1. The lowest BCUT2D eigenvalue weighted by atomic mass is 9.90. The van der Waals surface area contributed by atoms with Crippen molar-refractivity contribution in [1.82, 2.24) is 35.4 Å².